The summed E-state index contributed by atoms with van der Waals surface area (Å²) in [4.78, 5) is 15.8. The van der Waals surface area contributed by atoms with E-state index in [1.54, 1.807) is 19.5 Å². The zero-order chi connectivity index (χ0) is 8.81. The molecule has 1 heterocycles. The molecular weight excluding hydrogens is 152 g/mol. The van der Waals surface area contributed by atoms with E-state index in [4.69, 9.17) is 0 Å². The third-order valence-corrected chi connectivity index (χ3v) is 1.28. The lowest BCUT2D eigenvalue weighted by Gasteiger charge is -2.01. The molecule has 1 rings (SSSR count). The van der Waals surface area contributed by atoms with Crippen LogP contribution in [0.3, 0.4) is 0 Å². The van der Waals surface area contributed by atoms with Crippen LogP contribution in [0.4, 0.5) is 0 Å². The van der Waals surface area contributed by atoms with Crippen molar-refractivity contribution in [1.29, 1.82) is 0 Å². The van der Waals surface area contributed by atoms with Gasteiger partial charge in [-0.05, 0) is 6.92 Å². The number of nitrogens with zero attached hydrogens (tertiary/aromatic N) is 4. The Morgan fingerprint density at radius 3 is 2.75 bits per heavy atom. The fourth-order valence-electron chi connectivity index (χ4n) is 0.757. The van der Waals surface area contributed by atoms with Crippen molar-refractivity contribution in [2.24, 2.45) is 20.0 Å². The van der Waals surface area contributed by atoms with Crippen molar-refractivity contribution in [3.8, 4) is 0 Å². The fraction of sp³-hybridized carbons (Fsp3) is 0.250. The number of hydrogen-bond donors (Lipinski definition) is 0. The van der Waals surface area contributed by atoms with Gasteiger partial charge in [0, 0.05) is 19.5 Å². The van der Waals surface area contributed by atoms with E-state index in [1.807, 2.05) is 13.0 Å². The molecule has 0 N–H and O–H groups in total. The second-order valence-corrected chi connectivity index (χ2v) is 2.06. The molecule has 0 atom stereocenters. The maximum absolute atomic E-state index is 4.08. The first-order chi connectivity index (χ1) is 5.88. The minimum atomic E-state index is 0.602. The van der Waals surface area contributed by atoms with E-state index in [0.29, 0.717) is 5.84 Å². The molecule has 0 saturated heterocycles. The minimum absolute atomic E-state index is 0.602. The Morgan fingerprint density at radius 2 is 2.08 bits per heavy atom. The first-order valence-corrected chi connectivity index (χ1v) is 3.60. The van der Waals surface area contributed by atoms with Crippen molar-refractivity contribution in [3.63, 3.8) is 0 Å². The van der Waals surface area contributed by atoms with Gasteiger partial charge in [0.05, 0.1) is 0 Å². The molecule has 0 saturated carbocycles. The van der Waals surface area contributed by atoms with Gasteiger partial charge in [0.2, 0.25) is 0 Å². The molecular formula is C8H10N4. The van der Waals surface area contributed by atoms with Crippen LogP contribution < -0.4 is 0 Å². The van der Waals surface area contributed by atoms with Crippen LogP contribution in [0.5, 0.6) is 0 Å². The average molecular weight is 162 g/mol. The predicted molar refractivity (Wildman–Crippen MR) is 52.6 cm³/mol. The van der Waals surface area contributed by atoms with Crippen molar-refractivity contribution in [1.82, 2.24) is 0 Å². The van der Waals surface area contributed by atoms with Crippen molar-refractivity contribution in [2.75, 3.05) is 7.05 Å². The molecule has 0 bridgehead atoms. The highest BCUT2D eigenvalue weighted by Gasteiger charge is 2.03. The minimum Gasteiger partial charge on any atom is -0.277 e. The number of aliphatic imine (C=N–C) groups is 4. The largest absolute Gasteiger partial charge is 0.277 e. The number of rotatable bonds is 1. The van der Waals surface area contributed by atoms with Gasteiger partial charge in [0.25, 0.3) is 0 Å². The summed E-state index contributed by atoms with van der Waals surface area (Å²) in [5.41, 5.74) is 0.775. The van der Waals surface area contributed by atoms with Crippen LogP contribution in [0.15, 0.2) is 31.7 Å². The van der Waals surface area contributed by atoms with Gasteiger partial charge in [-0.3, -0.25) is 9.98 Å². The Balaban J connectivity index is 2.90. The number of hydrogen-bond acceptors (Lipinski definition) is 2. The lowest BCUT2D eigenvalue weighted by Crippen LogP contribution is -2.03. The van der Waals surface area contributed by atoms with Gasteiger partial charge in [-0.25, -0.2) is 9.98 Å². The maximum Gasteiger partial charge on any atom is 0.179 e. The molecule has 0 radical (unpaired) electrons. The molecule has 0 unspecified atom stereocenters. The lowest BCUT2D eigenvalue weighted by atomic mass is 10.3. The molecule has 4 heteroatoms. The summed E-state index contributed by atoms with van der Waals surface area (Å²) in [6.45, 7) is 1.89. The second-order valence-electron chi connectivity index (χ2n) is 2.06. The summed E-state index contributed by atoms with van der Waals surface area (Å²) in [5.74, 6) is 0.602. The van der Waals surface area contributed by atoms with E-state index in [0.717, 1.165) is 5.70 Å². The summed E-state index contributed by atoms with van der Waals surface area (Å²) in [7, 11) is 1.66. The van der Waals surface area contributed by atoms with Crippen LogP contribution >= 0.6 is 0 Å². The Morgan fingerprint density at radius 1 is 1.33 bits per heavy atom. The number of amidine groups is 1. The maximum atomic E-state index is 4.08. The fourth-order valence-corrected chi connectivity index (χ4v) is 0.757. The zero-order valence-corrected chi connectivity index (χ0v) is 7.10. The van der Waals surface area contributed by atoms with Crippen molar-refractivity contribution in [3.05, 3.63) is 11.8 Å². The van der Waals surface area contributed by atoms with E-state index < -0.39 is 0 Å². The summed E-state index contributed by atoms with van der Waals surface area (Å²) >= 11 is 0. The Bertz CT molecular complexity index is 294. The molecule has 0 aromatic carbocycles. The summed E-state index contributed by atoms with van der Waals surface area (Å²) in [5, 5.41) is 0. The molecule has 0 spiro atoms. The second kappa shape index (κ2) is 4.33. The van der Waals surface area contributed by atoms with Crippen molar-refractivity contribution >= 4 is 24.6 Å². The predicted octanol–water partition coefficient (Wildman–Crippen LogP) is 1.10. The number of allylic oxidation sites excluding steroid dienone is 1. The smallest absolute Gasteiger partial charge is 0.179 e. The molecule has 62 valence electrons. The van der Waals surface area contributed by atoms with Crippen molar-refractivity contribution in [2.45, 2.75) is 6.92 Å². The van der Waals surface area contributed by atoms with E-state index in [1.165, 1.54) is 6.34 Å². The molecule has 12 heavy (non-hydrogen) atoms. The van der Waals surface area contributed by atoms with Gasteiger partial charge in [-0.2, -0.15) is 0 Å². The normalized spacial score (nSPS) is 23.2. The van der Waals surface area contributed by atoms with Gasteiger partial charge in [-0.15, -0.1) is 0 Å². The van der Waals surface area contributed by atoms with Crippen LogP contribution in [0.1, 0.15) is 6.92 Å². The molecule has 0 aromatic heterocycles. The standard InChI is InChI=1S/C8H10N4/c1-3-7-8(12-6-9-2)11-5-4-10-7/h3-6H,1-2H3/b7-3+,9-6-,12-8+. The van der Waals surface area contributed by atoms with Gasteiger partial charge >= 0.3 is 0 Å². The molecule has 4 nitrogen and oxygen atoms in total. The van der Waals surface area contributed by atoms with E-state index in [9.17, 15) is 0 Å². The highest BCUT2D eigenvalue weighted by molar-refractivity contribution is 6.25. The molecule has 1 aliphatic heterocycles. The first-order valence-electron chi connectivity index (χ1n) is 3.60. The van der Waals surface area contributed by atoms with Gasteiger partial charge in [0.15, 0.2) is 5.84 Å². The molecule has 0 aromatic rings. The molecule has 0 aliphatic carbocycles. The lowest BCUT2D eigenvalue weighted by molar-refractivity contribution is 1.37. The van der Waals surface area contributed by atoms with Crippen LogP contribution in [0.25, 0.3) is 0 Å². The Hall–Kier alpha value is -1.58. The van der Waals surface area contributed by atoms with Crippen LogP contribution in [0.2, 0.25) is 0 Å². The van der Waals surface area contributed by atoms with E-state index in [2.05, 4.69) is 20.0 Å². The highest BCUT2D eigenvalue weighted by atomic mass is 15.0. The Kier molecular flexibility index (Phi) is 3.07. The molecule has 0 fully saturated rings. The third-order valence-electron chi connectivity index (χ3n) is 1.28. The summed E-state index contributed by atoms with van der Waals surface area (Å²) < 4.78 is 0. The first kappa shape index (κ1) is 8.52. The van der Waals surface area contributed by atoms with Gasteiger partial charge in [0.1, 0.15) is 12.0 Å². The van der Waals surface area contributed by atoms with E-state index in [-0.39, 0.29) is 0 Å². The summed E-state index contributed by atoms with van der Waals surface area (Å²) in [6.07, 6.45) is 6.55. The molecule has 0 amide bonds. The summed E-state index contributed by atoms with van der Waals surface area (Å²) in [6, 6.07) is 0. The monoisotopic (exact) mass is 162 g/mol. The third kappa shape index (κ3) is 1.95. The topological polar surface area (TPSA) is 49.4 Å². The zero-order valence-electron chi connectivity index (χ0n) is 7.10. The van der Waals surface area contributed by atoms with Crippen molar-refractivity contribution < 1.29 is 0 Å². The van der Waals surface area contributed by atoms with Crippen LogP contribution in [0, 0.1) is 0 Å². The van der Waals surface area contributed by atoms with Gasteiger partial charge in [-0.1, -0.05) is 6.08 Å². The molecule has 1 aliphatic rings. The SMILES string of the molecule is C/C=C1/N=CC=N/C1=N/C=N\C. The highest BCUT2D eigenvalue weighted by Crippen LogP contribution is 2.03. The quantitative estimate of drug-likeness (QED) is 0.409. The average Bonchev–Trinajstić information content (AvgIpc) is 2.15. The van der Waals surface area contributed by atoms with Crippen LogP contribution in [-0.2, 0) is 0 Å². The van der Waals surface area contributed by atoms with Gasteiger partial charge < -0.3 is 0 Å². The Labute approximate surface area is 71.2 Å². The van der Waals surface area contributed by atoms with Crippen LogP contribution in [-0.4, -0.2) is 31.7 Å². The van der Waals surface area contributed by atoms with E-state index >= 15 is 0 Å².